The fraction of sp³-hybridized carbons (Fsp3) is 0.610. The number of amides is 2. The molecule has 2 atom stereocenters. The number of nitrogens with zero attached hydrogens (tertiary/aromatic N) is 3. The number of hydrogen-bond donors (Lipinski definition) is 4. The van der Waals surface area contributed by atoms with Crippen LogP contribution in [0.5, 0.6) is 5.75 Å². The molecule has 0 aliphatic carbocycles. The molecule has 12 nitrogen and oxygen atoms in total. The lowest BCUT2D eigenvalue weighted by atomic mass is 9.94. The van der Waals surface area contributed by atoms with Crippen molar-refractivity contribution in [3.63, 3.8) is 0 Å². The van der Waals surface area contributed by atoms with Crippen molar-refractivity contribution in [1.29, 1.82) is 0 Å². The number of carbonyl (C=O) groups is 3. The molecule has 1 aromatic heterocycles. The molecule has 13 heteroatoms. The van der Waals surface area contributed by atoms with Gasteiger partial charge >= 0.3 is 12.1 Å². The SMILES string of the molecule is Cc1nc2ccc(-c3cc(CC(NC(=O)OC(C)(C)C)C(=O)N4CCC[C@@H](C(=O)O)N4)cc(O[Si](C(C)C)(C(C)C)C(C)C)c3)cc2n1CC(C)(C)CO. The predicted octanol–water partition coefficient (Wildman–Crippen LogP) is 7.60. The molecule has 2 aromatic carbocycles. The van der Waals surface area contributed by atoms with Gasteiger partial charge in [-0.15, -0.1) is 0 Å². The summed E-state index contributed by atoms with van der Waals surface area (Å²) < 4.78 is 15.0. The Bertz CT molecular complexity index is 1790. The molecule has 0 radical (unpaired) electrons. The molecule has 4 rings (SSSR count). The molecule has 1 aliphatic rings. The van der Waals surface area contributed by atoms with Gasteiger partial charge in [0.25, 0.3) is 14.2 Å². The van der Waals surface area contributed by atoms with E-state index in [1.807, 2.05) is 45.0 Å². The molecule has 4 N–H and O–H groups in total. The van der Waals surface area contributed by atoms with Crippen LogP contribution in [0.3, 0.4) is 0 Å². The number of hydrazine groups is 1. The number of hydrogen-bond acceptors (Lipinski definition) is 8. The summed E-state index contributed by atoms with van der Waals surface area (Å²) in [6.45, 7) is 25.6. The zero-order chi connectivity index (χ0) is 40.3. The van der Waals surface area contributed by atoms with E-state index in [9.17, 15) is 24.6 Å². The molecule has 1 unspecified atom stereocenters. The second kappa shape index (κ2) is 16.8. The third kappa shape index (κ3) is 10.0. The van der Waals surface area contributed by atoms with Crippen molar-refractivity contribution >= 4 is 37.3 Å². The molecule has 2 heterocycles. The van der Waals surface area contributed by atoms with Gasteiger partial charge in [-0.05, 0) is 98.1 Å². The van der Waals surface area contributed by atoms with Crippen LogP contribution >= 0.6 is 0 Å². The average Bonchev–Trinajstić information content (AvgIpc) is 3.38. The second-order valence-corrected chi connectivity index (χ2v) is 23.0. The van der Waals surface area contributed by atoms with Crippen LogP contribution in [-0.4, -0.2) is 81.9 Å². The number of aliphatic hydroxyl groups is 1. The summed E-state index contributed by atoms with van der Waals surface area (Å²) in [6, 6.07) is 10.2. The number of aromatic nitrogens is 2. The van der Waals surface area contributed by atoms with E-state index in [-0.39, 0.29) is 18.4 Å². The Morgan fingerprint density at radius 2 is 1.63 bits per heavy atom. The van der Waals surface area contributed by atoms with E-state index in [1.165, 1.54) is 5.01 Å². The van der Waals surface area contributed by atoms with Gasteiger partial charge in [-0.1, -0.05) is 67.5 Å². The Morgan fingerprint density at radius 3 is 2.20 bits per heavy atom. The normalized spacial score (nSPS) is 16.3. The minimum Gasteiger partial charge on any atom is -0.543 e. The average molecular weight is 766 g/mol. The first-order valence-electron chi connectivity index (χ1n) is 19.3. The molecule has 1 saturated heterocycles. The van der Waals surface area contributed by atoms with Crippen LogP contribution < -0.4 is 15.2 Å². The summed E-state index contributed by atoms with van der Waals surface area (Å²) >= 11 is 0. The van der Waals surface area contributed by atoms with Gasteiger partial charge in [-0.2, -0.15) is 0 Å². The number of alkyl carbamates (subject to hydrolysis) is 1. The third-order valence-electron chi connectivity index (χ3n) is 10.4. The van der Waals surface area contributed by atoms with Gasteiger partial charge in [0.2, 0.25) is 0 Å². The van der Waals surface area contributed by atoms with Crippen molar-refractivity contribution in [1.82, 2.24) is 25.3 Å². The number of aliphatic carboxylic acids is 1. The van der Waals surface area contributed by atoms with Crippen LogP contribution in [0.2, 0.25) is 16.6 Å². The van der Waals surface area contributed by atoms with E-state index in [0.717, 1.165) is 33.5 Å². The largest absolute Gasteiger partial charge is 0.543 e. The number of imidazole rings is 1. The van der Waals surface area contributed by atoms with E-state index in [2.05, 4.69) is 69.0 Å². The molecule has 1 aliphatic heterocycles. The Balaban J connectivity index is 1.87. The topological polar surface area (TPSA) is 155 Å². The summed E-state index contributed by atoms with van der Waals surface area (Å²) in [5, 5.41) is 23.9. The van der Waals surface area contributed by atoms with E-state index >= 15 is 0 Å². The lowest BCUT2D eigenvalue weighted by Gasteiger charge is -2.42. The highest BCUT2D eigenvalue weighted by Crippen LogP contribution is 2.44. The first kappa shape index (κ1) is 42.8. The van der Waals surface area contributed by atoms with Crippen molar-refractivity contribution < 1.29 is 33.8 Å². The number of carboxylic acids is 1. The van der Waals surface area contributed by atoms with E-state index in [1.54, 1.807) is 20.8 Å². The number of aliphatic hydroxyl groups excluding tert-OH is 1. The first-order valence-corrected chi connectivity index (χ1v) is 21.4. The van der Waals surface area contributed by atoms with Gasteiger partial charge in [0, 0.05) is 31.5 Å². The molecule has 298 valence electrons. The standard InChI is InChI=1S/C41H63N5O7Si/c1-25(2)54(26(3)4,27(5)6)53-32-19-29(18-31(21-32)30-15-16-33-36(22-30)45(28(7)42-33)23-41(11,12)24-47)20-35(43-39(51)52-40(8,9)10)37(48)46-17-13-14-34(44-46)38(49)50/h15-16,18-19,21-22,25-27,34-35,44,47H,13-14,17,20,23-24H2,1-12H3,(H,43,51)(H,49,50)/t34-,35?/m0/s1. The Kier molecular flexibility index (Phi) is 13.3. The zero-order valence-corrected chi connectivity index (χ0v) is 35.4. The fourth-order valence-electron chi connectivity index (χ4n) is 7.86. The number of benzene rings is 2. The maximum absolute atomic E-state index is 14.2. The van der Waals surface area contributed by atoms with Crippen LogP contribution in [-0.2, 0) is 27.3 Å². The molecule has 2 amide bonds. The Labute approximate surface area is 322 Å². The summed E-state index contributed by atoms with van der Waals surface area (Å²) in [7, 11) is -2.42. The highest BCUT2D eigenvalue weighted by atomic mass is 28.4. The first-order chi connectivity index (χ1) is 25.1. The molecule has 3 aromatic rings. The molecule has 1 fully saturated rings. The minimum atomic E-state index is -2.42. The second-order valence-electron chi connectivity index (χ2n) is 17.6. The van der Waals surface area contributed by atoms with Gasteiger partial charge < -0.3 is 29.3 Å². The molecular formula is C41H63N5O7Si. The van der Waals surface area contributed by atoms with Crippen molar-refractivity contribution in [3.05, 3.63) is 47.8 Å². The van der Waals surface area contributed by atoms with Crippen LogP contribution in [0.25, 0.3) is 22.2 Å². The smallest absolute Gasteiger partial charge is 0.408 e. The number of carboxylic acid groups (broad SMARTS) is 1. The van der Waals surface area contributed by atoms with E-state index in [0.29, 0.717) is 48.3 Å². The van der Waals surface area contributed by atoms with Gasteiger partial charge in [0.15, 0.2) is 0 Å². The zero-order valence-electron chi connectivity index (χ0n) is 34.4. The number of rotatable bonds is 14. The van der Waals surface area contributed by atoms with Crippen LogP contribution in [0.15, 0.2) is 36.4 Å². The van der Waals surface area contributed by atoms with Crippen LogP contribution in [0.1, 0.15) is 100 Å². The number of nitrogens with one attached hydrogen (secondary N) is 2. The fourth-order valence-corrected chi connectivity index (χ4v) is 13.1. The van der Waals surface area contributed by atoms with Crippen molar-refractivity contribution in [2.24, 2.45) is 5.41 Å². The molecule has 54 heavy (non-hydrogen) atoms. The Hall–Kier alpha value is -3.94. The molecule has 0 saturated carbocycles. The van der Waals surface area contributed by atoms with Crippen molar-refractivity contribution in [2.45, 2.75) is 143 Å². The summed E-state index contributed by atoms with van der Waals surface area (Å²) in [6.07, 6.45) is 0.246. The summed E-state index contributed by atoms with van der Waals surface area (Å²) in [5.74, 6) is 0.0541. The van der Waals surface area contributed by atoms with Gasteiger partial charge in [0.1, 0.15) is 29.3 Å². The predicted molar refractivity (Wildman–Crippen MR) is 215 cm³/mol. The number of aryl methyl sites for hydroxylation is 1. The van der Waals surface area contributed by atoms with Crippen molar-refractivity contribution in [3.8, 4) is 16.9 Å². The quantitative estimate of drug-likeness (QED) is 0.122. The maximum atomic E-state index is 14.2. The number of carbonyl (C=O) groups excluding carboxylic acids is 2. The number of fused-ring (bicyclic) bond motifs is 1. The van der Waals surface area contributed by atoms with Gasteiger partial charge in [0.05, 0.1) is 11.0 Å². The lowest BCUT2D eigenvalue weighted by molar-refractivity contribution is -0.147. The monoisotopic (exact) mass is 765 g/mol. The third-order valence-corrected chi connectivity index (χ3v) is 16.4. The molecule has 0 bridgehead atoms. The van der Waals surface area contributed by atoms with Crippen molar-refractivity contribution in [2.75, 3.05) is 13.2 Å². The number of ether oxygens (including phenoxy) is 1. The minimum absolute atomic E-state index is 0.0306. The maximum Gasteiger partial charge on any atom is 0.408 e. The lowest BCUT2D eigenvalue weighted by Crippen LogP contribution is -2.60. The highest BCUT2D eigenvalue weighted by Gasteiger charge is 2.47. The highest BCUT2D eigenvalue weighted by molar-refractivity contribution is 6.78. The summed E-state index contributed by atoms with van der Waals surface area (Å²) in [4.78, 5) is 44.0. The Morgan fingerprint density at radius 1 is 0.981 bits per heavy atom. The summed E-state index contributed by atoms with van der Waals surface area (Å²) in [5.41, 5.74) is 6.97. The van der Waals surface area contributed by atoms with Crippen LogP contribution in [0.4, 0.5) is 4.79 Å². The molecule has 0 spiro atoms. The van der Waals surface area contributed by atoms with E-state index in [4.69, 9.17) is 14.1 Å². The van der Waals surface area contributed by atoms with Gasteiger partial charge in [-0.25, -0.2) is 15.2 Å². The van der Waals surface area contributed by atoms with Crippen LogP contribution in [0, 0.1) is 12.3 Å². The molecular weight excluding hydrogens is 703 g/mol. The van der Waals surface area contributed by atoms with E-state index < -0.39 is 44.0 Å². The van der Waals surface area contributed by atoms with Gasteiger partial charge in [-0.3, -0.25) is 14.6 Å².